The molecule has 0 saturated carbocycles. The van der Waals surface area contributed by atoms with Crippen molar-refractivity contribution in [3.05, 3.63) is 59.9 Å². The highest BCUT2D eigenvalue weighted by atomic mass is 15.0. The summed E-state index contributed by atoms with van der Waals surface area (Å²) in [7, 11) is 0. The predicted molar refractivity (Wildman–Crippen MR) is 82.7 cm³/mol. The van der Waals surface area contributed by atoms with Crippen molar-refractivity contribution < 1.29 is 0 Å². The first-order valence-corrected chi connectivity index (χ1v) is 6.94. The Morgan fingerprint density at radius 2 is 1.90 bits per heavy atom. The number of imidazole rings is 1. The lowest BCUT2D eigenvalue weighted by Crippen LogP contribution is -2.18. The molecule has 1 aromatic carbocycles. The van der Waals surface area contributed by atoms with Gasteiger partial charge >= 0.3 is 0 Å². The summed E-state index contributed by atoms with van der Waals surface area (Å²) in [6, 6.07) is 14.7. The second-order valence-corrected chi connectivity index (χ2v) is 5.39. The maximum atomic E-state index is 5.93. The van der Waals surface area contributed by atoms with E-state index in [1.807, 2.05) is 19.1 Å². The van der Waals surface area contributed by atoms with Gasteiger partial charge in [-0.15, -0.1) is 0 Å². The van der Waals surface area contributed by atoms with E-state index in [0.29, 0.717) is 0 Å². The van der Waals surface area contributed by atoms with E-state index >= 15 is 0 Å². The second-order valence-electron chi connectivity index (χ2n) is 5.39. The van der Waals surface area contributed by atoms with Crippen molar-refractivity contribution >= 4 is 5.52 Å². The Hall–Kier alpha value is -2.13. The van der Waals surface area contributed by atoms with Crippen molar-refractivity contribution in [2.75, 3.05) is 0 Å². The fraction of sp³-hybridized carbons (Fsp3) is 0.235. The fourth-order valence-corrected chi connectivity index (χ4v) is 2.46. The summed E-state index contributed by atoms with van der Waals surface area (Å²) in [5, 5.41) is 0. The van der Waals surface area contributed by atoms with Crippen LogP contribution in [0.3, 0.4) is 0 Å². The first-order valence-electron chi connectivity index (χ1n) is 6.94. The molecule has 0 aliphatic carbocycles. The van der Waals surface area contributed by atoms with Crippen molar-refractivity contribution in [2.45, 2.75) is 26.3 Å². The first-order chi connectivity index (χ1) is 9.65. The summed E-state index contributed by atoms with van der Waals surface area (Å²) >= 11 is 0. The average Bonchev–Trinajstić information content (AvgIpc) is 2.78. The molecule has 2 heterocycles. The number of benzene rings is 1. The molecule has 0 spiro atoms. The summed E-state index contributed by atoms with van der Waals surface area (Å²) < 4.78 is 2.14. The maximum Gasteiger partial charge on any atom is 0.144 e. The van der Waals surface area contributed by atoms with Gasteiger partial charge in [-0.25, -0.2) is 4.98 Å². The molecule has 0 aliphatic heterocycles. The van der Waals surface area contributed by atoms with Gasteiger partial charge in [0.25, 0.3) is 0 Å². The van der Waals surface area contributed by atoms with Gasteiger partial charge in [0.2, 0.25) is 0 Å². The van der Waals surface area contributed by atoms with Gasteiger partial charge in [0.15, 0.2) is 0 Å². The summed E-state index contributed by atoms with van der Waals surface area (Å²) in [5.74, 6) is 0.983. The molecule has 102 valence electrons. The highest BCUT2D eigenvalue weighted by Gasteiger charge is 2.13. The van der Waals surface area contributed by atoms with Gasteiger partial charge in [0, 0.05) is 24.2 Å². The number of aromatic nitrogens is 2. The van der Waals surface area contributed by atoms with E-state index in [1.54, 1.807) is 0 Å². The van der Waals surface area contributed by atoms with E-state index in [-0.39, 0.29) is 6.04 Å². The molecule has 3 aromatic rings. The van der Waals surface area contributed by atoms with E-state index in [2.05, 4.69) is 47.9 Å². The Bertz CT molecular complexity index is 724. The third-order valence-corrected chi connectivity index (χ3v) is 3.45. The molecule has 3 rings (SSSR count). The maximum absolute atomic E-state index is 5.93. The van der Waals surface area contributed by atoms with E-state index in [0.717, 1.165) is 29.0 Å². The molecular formula is C17H19N3. The van der Waals surface area contributed by atoms with Gasteiger partial charge < -0.3 is 5.73 Å². The molecule has 1 unspecified atom stereocenters. The van der Waals surface area contributed by atoms with Crippen LogP contribution in [0.4, 0.5) is 0 Å². The van der Waals surface area contributed by atoms with Crippen LogP contribution in [-0.2, 0) is 6.42 Å². The summed E-state index contributed by atoms with van der Waals surface area (Å²) in [6.07, 6.45) is 2.85. The minimum absolute atomic E-state index is 0.111. The van der Waals surface area contributed by atoms with Crippen LogP contribution in [0.15, 0.2) is 48.7 Å². The number of hydrogen-bond acceptors (Lipinski definition) is 2. The molecule has 20 heavy (non-hydrogen) atoms. The predicted octanol–water partition coefficient (Wildman–Crippen LogP) is 3.20. The number of hydrogen-bond donors (Lipinski definition) is 1. The Morgan fingerprint density at radius 1 is 1.15 bits per heavy atom. The van der Waals surface area contributed by atoms with Crippen LogP contribution in [0, 0.1) is 6.92 Å². The largest absolute Gasteiger partial charge is 0.328 e. The molecule has 0 fully saturated rings. The smallest absolute Gasteiger partial charge is 0.144 e. The van der Waals surface area contributed by atoms with Crippen LogP contribution in [-0.4, -0.2) is 15.4 Å². The topological polar surface area (TPSA) is 43.3 Å². The monoisotopic (exact) mass is 265 g/mol. The highest BCUT2D eigenvalue weighted by Crippen LogP contribution is 2.23. The van der Waals surface area contributed by atoms with Crippen LogP contribution in [0.1, 0.15) is 18.2 Å². The van der Waals surface area contributed by atoms with Gasteiger partial charge in [-0.05, 0) is 26.0 Å². The minimum Gasteiger partial charge on any atom is -0.328 e. The molecule has 0 amide bonds. The molecule has 3 heteroatoms. The molecule has 2 aromatic heterocycles. The van der Waals surface area contributed by atoms with E-state index in [1.165, 1.54) is 5.56 Å². The quantitative estimate of drug-likeness (QED) is 0.790. The molecule has 0 saturated heterocycles. The van der Waals surface area contributed by atoms with Crippen molar-refractivity contribution in [2.24, 2.45) is 5.73 Å². The summed E-state index contributed by atoms with van der Waals surface area (Å²) in [5.41, 5.74) is 10.5. The van der Waals surface area contributed by atoms with Gasteiger partial charge in [-0.3, -0.25) is 4.40 Å². The van der Waals surface area contributed by atoms with Crippen molar-refractivity contribution in [1.82, 2.24) is 9.38 Å². The summed E-state index contributed by atoms with van der Waals surface area (Å²) in [4.78, 5) is 4.81. The lowest BCUT2D eigenvalue weighted by molar-refractivity contribution is 0.729. The fourth-order valence-electron chi connectivity index (χ4n) is 2.46. The number of pyridine rings is 1. The lowest BCUT2D eigenvalue weighted by atomic mass is 10.1. The Balaban J connectivity index is 2.18. The van der Waals surface area contributed by atoms with Gasteiger partial charge in [-0.2, -0.15) is 0 Å². The molecule has 0 aliphatic rings. The van der Waals surface area contributed by atoms with Crippen LogP contribution in [0.25, 0.3) is 16.9 Å². The Labute approximate surface area is 119 Å². The van der Waals surface area contributed by atoms with Crippen LogP contribution >= 0.6 is 0 Å². The zero-order valence-corrected chi connectivity index (χ0v) is 11.9. The molecule has 2 N–H and O–H groups in total. The lowest BCUT2D eigenvalue weighted by Gasteiger charge is -2.02. The minimum atomic E-state index is 0.111. The molecular weight excluding hydrogens is 246 g/mol. The number of nitrogens with zero attached hydrogens (tertiary/aromatic N) is 2. The van der Waals surface area contributed by atoms with E-state index < -0.39 is 0 Å². The third kappa shape index (κ3) is 2.32. The zero-order chi connectivity index (χ0) is 14.1. The standard InChI is InChI=1S/C17H19N3/c1-12-6-8-14(9-7-12)17-19-15(11-13(2)18)16-5-3-4-10-20(16)17/h3-10,13H,11,18H2,1-2H3. The third-order valence-electron chi connectivity index (χ3n) is 3.45. The first kappa shape index (κ1) is 12.9. The van der Waals surface area contributed by atoms with Crippen molar-refractivity contribution in [3.63, 3.8) is 0 Å². The number of fused-ring (bicyclic) bond motifs is 1. The van der Waals surface area contributed by atoms with Crippen molar-refractivity contribution in [3.8, 4) is 11.4 Å². The second kappa shape index (κ2) is 5.10. The molecule has 0 radical (unpaired) electrons. The Morgan fingerprint density at radius 3 is 2.60 bits per heavy atom. The van der Waals surface area contributed by atoms with E-state index in [4.69, 9.17) is 10.7 Å². The Kier molecular flexibility index (Phi) is 3.28. The van der Waals surface area contributed by atoms with Gasteiger partial charge in [-0.1, -0.05) is 35.9 Å². The van der Waals surface area contributed by atoms with Crippen LogP contribution in [0.5, 0.6) is 0 Å². The number of aryl methyl sites for hydroxylation is 1. The molecule has 3 nitrogen and oxygen atoms in total. The van der Waals surface area contributed by atoms with Crippen molar-refractivity contribution in [1.29, 1.82) is 0 Å². The van der Waals surface area contributed by atoms with Gasteiger partial charge in [0.05, 0.1) is 11.2 Å². The average molecular weight is 265 g/mol. The number of nitrogens with two attached hydrogens (primary N) is 1. The highest BCUT2D eigenvalue weighted by molar-refractivity contribution is 5.65. The van der Waals surface area contributed by atoms with Gasteiger partial charge in [0.1, 0.15) is 5.82 Å². The molecule has 1 atom stereocenters. The van der Waals surface area contributed by atoms with Crippen LogP contribution in [0.2, 0.25) is 0 Å². The van der Waals surface area contributed by atoms with Crippen LogP contribution < -0.4 is 5.73 Å². The normalized spacial score (nSPS) is 12.8. The zero-order valence-electron chi connectivity index (χ0n) is 11.9. The number of rotatable bonds is 3. The SMILES string of the molecule is Cc1ccc(-c2nc(CC(C)N)c3ccccn23)cc1. The molecule has 0 bridgehead atoms. The summed E-state index contributed by atoms with van der Waals surface area (Å²) in [6.45, 7) is 4.11. The van der Waals surface area contributed by atoms with E-state index in [9.17, 15) is 0 Å².